The molecule has 0 unspecified atom stereocenters. The highest BCUT2D eigenvalue weighted by molar-refractivity contribution is 5.19. The maximum Gasteiger partial charge on any atom is 0.275 e. The van der Waals surface area contributed by atoms with Crippen LogP contribution in [0.2, 0.25) is 0 Å². The largest absolute Gasteiger partial charge is 0.275 e. The Morgan fingerprint density at radius 2 is 1.50 bits per heavy atom. The molecule has 0 aliphatic heterocycles. The van der Waals surface area contributed by atoms with Crippen LogP contribution in [0, 0.1) is 0 Å². The fraction of sp³-hybridized carbons (Fsp3) is 0. The third-order valence-electron chi connectivity index (χ3n) is 2.74. The summed E-state index contributed by atoms with van der Waals surface area (Å²) in [5.74, 6) is 0. The second kappa shape index (κ2) is 4.75. The van der Waals surface area contributed by atoms with E-state index in [9.17, 15) is 0 Å². The standard InChI is InChI=1S/C15H13N3/c1-2-9-17(10-3-1)15-7-5-11-18(13-15)14-6-4-8-16-12-14/h1-13H/q+2. The van der Waals surface area contributed by atoms with E-state index < -0.39 is 0 Å². The molecule has 18 heavy (non-hydrogen) atoms. The van der Waals surface area contributed by atoms with Crippen LogP contribution in [0.4, 0.5) is 0 Å². The molecule has 3 nitrogen and oxygen atoms in total. The molecule has 0 bridgehead atoms. The molecule has 0 spiro atoms. The minimum Gasteiger partial charge on any atom is -0.258 e. The first-order valence-corrected chi connectivity index (χ1v) is 5.82. The van der Waals surface area contributed by atoms with Crippen molar-refractivity contribution < 1.29 is 9.13 Å². The molecular weight excluding hydrogens is 222 g/mol. The normalized spacial score (nSPS) is 10.2. The molecule has 0 atom stereocenters. The van der Waals surface area contributed by atoms with Gasteiger partial charge in [0.15, 0.2) is 18.6 Å². The Morgan fingerprint density at radius 3 is 2.28 bits per heavy atom. The minimum absolute atomic E-state index is 1.05. The molecule has 0 aliphatic rings. The van der Waals surface area contributed by atoms with Gasteiger partial charge in [-0.2, -0.15) is 9.13 Å². The summed E-state index contributed by atoms with van der Waals surface area (Å²) < 4.78 is 4.13. The molecule has 3 heterocycles. The Hall–Kier alpha value is -2.55. The number of nitrogens with zero attached hydrogens (tertiary/aromatic N) is 3. The summed E-state index contributed by atoms with van der Waals surface area (Å²) >= 11 is 0. The van der Waals surface area contributed by atoms with E-state index in [0.717, 1.165) is 11.4 Å². The SMILES string of the molecule is c1cc[n+](-c2ccc[n+](-c3cccnc3)c2)cc1. The van der Waals surface area contributed by atoms with Gasteiger partial charge in [0.1, 0.15) is 0 Å². The third kappa shape index (κ3) is 2.11. The number of rotatable bonds is 2. The van der Waals surface area contributed by atoms with E-state index in [2.05, 4.69) is 26.4 Å². The van der Waals surface area contributed by atoms with E-state index in [4.69, 9.17) is 0 Å². The van der Waals surface area contributed by atoms with E-state index in [1.165, 1.54) is 0 Å². The lowest BCUT2D eigenvalue weighted by molar-refractivity contribution is -0.631. The van der Waals surface area contributed by atoms with Crippen molar-refractivity contribution in [3.63, 3.8) is 0 Å². The molecule has 0 aromatic carbocycles. The zero-order chi connectivity index (χ0) is 12.2. The lowest BCUT2D eigenvalue weighted by Gasteiger charge is -1.96. The van der Waals surface area contributed by atoms with E-state index in [1.54, 1.807) is 6.20 Å². The van der Waals surface area contributed by atoms with Crippen LogP contribution in [0.5, 0.6) is 0 Å². The van der Waals surface area contributed by atoms with Gasteiger partial charge in [-0.15, -0.1) is 0 Å². The predicted molar refractivity (Wildman–Crippen MR) is 67.3 cm³/mol. The Bertz CT molecular complexity index is 581. The zero-order valence-corrected chi connectivity index (χ0v) is 9.85. The summed E-state index contributed by atoms with van der Waals surface area (Å²) in [6.45, 7) is 0. The van der Waals surface area contributed by atoms with Crippen LogP contribution in [-0.4, -0.2) is 4.98 Å². The molecule has 0 N–H and O–H groups in total. The molecule has 86 valence electrons. The summed E-state index contributed by atoms with van der Waals surface area (Å²) in [6, 6.07) is 14.1. The molecule has 0 fully saturated rings. The van der Waals surface area contributed by atoms with Crippen molar-refractivity contribution >= 4 is 0 Å². The molecule has 3 aromatic heterocycles. The molecule has 0 saturated heterocycles. The first-order valence-electron chi connectivity index (χ1n) is 5.82. The Morgan fingerprint density at radius 1 is 0.722 bits per heavy atom. The maximum atomic E-state index is 4.14. The number of hydrogen-bond donors (Lipinski definition) is 0. The van der Waals surface area contributed by atoms with Gasteiger partial charge >= 0.3 is 0 Å². The lowest BCUT2D eigenvalue weighted by Crippen LogP contribution is -2.36. The van der Waals surface area contributed by atoms with Crippen LogP contribution in [0.25, 0.3) is 11.4 Å². The van der Waals surface area contributed by atoms with Crippen LogP contribution >= 0.6 is 0 Å². The highest BCUT2D eigenvalue weighted by Gasteiger charge is 2.12. The second-order valence-electron chi connectivity index (χ2n) is 3.96. The van der Waals surface area contributed by atoms with Crippen LogP contribution in [0.15, 0.2) is 79.6 Å². The second-order valence-corrected chi connectivity index (χ2v) is 3.96. The molecule has 3 aromatic rings. The molecule has 0 aliphatic carbocycles. The fourth-order valence-corrected chi connectivity index (χ4v) is 1.85. The molecule has 3 rings (SSSR count). The number of pyridine rings is 3. The highest BCUT2D eigenvalue weighted by Crippen LogP contribution is 1.98. The first-order chi connectivity index (χ1) is 8.93. The minimum atomic E-state index is 1.05. The average molecular weight is 235 g/mol. The van der Waals surface area contributed by atoms with Gasteiger partial charge in [-0.05, 0) is 6.07 Å². The number of hydrogen-bond acceptors (Lipinski definition) is 1. The van der Waals surface area contributed by atoms with E-state index in [-0.39, 0.29) is 0 Å². The smallest absolute Gasteiger partial charge is 0.258 e. The summed E-state index contributed by atoms with van der Waals surface area (Å²) in [4.78, 5) is 4.14. The highest BCUT2D eigenvalue weighted by atomic mass is 15.0. The van der Waals surface area contributed by atoms with Crippen molar-refractivity contribution in [1.82, 2.24) is 4.98 Å². The van der Waals surface area contributed by atoms with Crippen molar-refractivity contribution in [2.45, 2.75) is 0 Å². The first kappa shape index (κ1) is 10.6. The molecule has 0 amide bonds. The zero-order valence-electron chi connectivity index (χ0n) is 9.85. The molecule has 0 radical (unpaired) electrons. The van der Waals surface area contributed by atoms with E-state index in [0.29, 0.717) is 0 Å². The monoisotopic (exact) mass is 235 g/mol. The van der Waals surface area contributed by atoms with Crippen LogP contribution in [0.1, 0.15) is 0 Å². The van der Waals surface area contributed by atoms with Crippen molar-refractivity contribution in [3.8, 4) is 11.4 Å². The van der Waals surface area contributed by atoms with Gasteiger partial charge in [0.05, 0.1) is 6.20 Å². The lowest BCUT2D eigenvalue weighted by atomic mass is 10.3. The van der Waals surface area contributed by atoms with Crippen LogP contribution in [-0.2, 0) is 0 Å². The Kier molecular flexibility index (Phi) is 2.80. The van der Waals surface area contributed by atoms with Crippen molar-refractivity contribution in [3.05, 3.63) is 79.6 Å². The van der Waals surface area contributed by atoms with Gasteiger partial charge in [-0.1, -0.05) is 6.07 Å². The topological polar surface area (TPSA) is 20.6 Å². The summed E-state index contributed by atoms with van der Waals surface area (Å²) in [6.07, 6.45) is 11.8. The molecular formula is C15H13N3+2. The third-order valence-corrected chi connectivity index (χ3v) is 2.74. The summed E-state index contributed by atoms with van der Waals surface area (Å²) in [5.41, 5.74) is 2.16. The van der Waals surface area contributed by atoms with Crippen LogP contribution in [0.3, 0.4) is 0 Å². The van der Waals surface area contributed by atoms with Gasteiger partial charge in [-0.25, -0.2) is 0 Å². The van der Waals surface area contributed by atoms with Gasteiger partial charge in [0.2, 0.25) is 11.9 Å². The van der Waals surface area contributed by atoms with E-state index >= 15 is 0 Å². The Balaban J connectivity index is 2.05. The van der Waals surface area contributed by atoms with Crippen molar-refractivity contribution in [1.29, 1.82) is 0 Å². The molecule has 0 saturated carbocycles. The summed E-state index contributed by atoms with van der Waals surface area (Å²) in [5, 5.41) is 0. The quantitative estimate of drug-likeness (QED) is 0.618. The predicted octanol–water partition coefficient (Wildman–Crippen LogP) is 1.64. The average Bonchev–Trinajstić information content (AvgIpc) is 2.49. The fourth-order valence-electron chi connectivity index (χ4n) is 1.85. The van der Waals surface area contributed by atoms with E-state index in [1.807, 2.05) is 61.2 Å². The number of aromatic nitrogens is 3. The van der Waals surface area contributed by atoms with Crippen molar-refractivity contribution in [2.75, 3.05) is 0 Å². The Labute approximate surface area is 106 Å². The van der Waals surface area contributed by atoms with Crippen LogP contribution < -0.4 is 9.13 Å². The van der Waals surface area contributed by atoms with Gasteiger partial charge in [-0.3, -0.25) is 4.98 Å². The maximum absolute atomic E-state index is 4.14. The van der Waals surface area contributed by atoms with Gasteiger partial charge < -0.3 is 0 Å². The van der Waals surface area contributed by atoms with Gasteiger partial charge in [0.25, 0.3) is 5.69 Å². The summed E-state index contributed by atoms with van der Waals surface area (Å²) in [7, 11) is 0. The van der Waals surface area contributed by atoms with Gasteiger partial charge in [0, 0.05) is 36.5 Å². The van der Waals surface area contributed by atoms with Crippen molar-refractivity contribution in [2.24, 2.45) is 0 Å². The molecule has 3 heteroatoms.